The van der Waals surface area contributed by atoms with E-state index in [9.17, 15) is 9.18 Å². The van der Waals surface area contributed by atoms with Gasteiger partial charge in [0.25, 0.3) is 5.91 Å². The predicted octanol–water partition coefficient (Wildman–Crippen LogP) is 6.62. The first-order valence-corrected chi connectivity index (χ1v) is 15.9. The zero-order chi connectivity index (χ0) is 31.5. The lowest BCUT2D eigenvalue weighted by molar-refractivity contribution is -0.0592. The van der Waals surface area contributed by atoms with Crippen molar-refractivity contribution in [2.24, 2.45) is 0 Å². The lowest BCUT2D eigenvalue weighted by Gasteiger charge is -2.32. The van der Waals surface area contributed by atoms with Crippen LogP contribution in [0.15, 0.2) is 79.1 Å². The average Bonchev–Trinajstić information content (AvgIpc) is 3.38. The van der Waals surface area contributed by atoms with E-state index < -0.39 is 5.82 Å². The number of ether oxygens (including phenoxy) is 2. The van der Waals surface area contributed by atoms with Crippen LogP contribution >= 0.6 is 11.6 Å². The zero-order valence-electron chi connectivity index (χ0n) is 25.2. The van der Waals surface area contributed by atoms with Crippen molar-refractivity contribution >= 4 is 34.2 Å². The number of carbonyl (C=O) groups is 1. The molecule has 1 atom stereocenters. The van der Waals surface area contributed by atoms with E-state index in [0.717, 1.165) is 68.1 Å². The first-order valence-electron chi connectivity index (χ1n) is 15.6. The number of nitrogens with one attached hydrogen (secondary N) is 1. The number of anilines is 1. The quantitative estimate of drug-likeness (QED) is 0.183. The Morgan fingerprint density at radius 2 is 1.91 bits per heavy atom. The molecule has 46 heavy (non-hydrogen) atoms. The lowest BCUT2D eigenvalue weighted by atomic mass is 9.93. The van der Waals surface area contributed by atoms with Crippen LogP contribution < -0.4 is 10.1 Å². The minimum atomic E-state index is -0.391. The number of piperidine rings is 1. The second kappa shape index (κ2) is 13.5. The van der Waals surface area contributed by atoms with Crippen LogP contribution in [0.1, 0.15) is 52.6 Å². The molecular formula is C35H34ClFN6O3. The molecule has 1 unspecified atom stereocenters. The van der Waals surface area contributed by atoms with Gasteiger partial charge in [0.15, 0.2) is 0 Å². The second-order valence-electron chi connectivity index (χ2n) is 11.8. The first-order chi connectivity index (χ1) is 22.5. The van der Waals surface area contributed by atoms with E-state index in [2.05, 4.69) is 19.8 Å². The fourth-order valence-electron chi connectivity index (χ4n) is 6.03. The van der Waals surface area contributed by atoms with Gasteiger partial charge in [0.1, 0.15) is 18.2 Å². The number of likely N-dealkylation sites (tertiary alicyclic amines) is 1. The minimum Gasteiger partial charge on any atom is -0.473 e. The Balaban J connectivity index is 1.01. The molecule has 0 saturated carbocycles. The maximum absolute atomic E-state index is 14.2. The molecule has 5 heterocycles. The summed E-state index contributed by atoms with van der Waals surface area (Å²) in [4.78, 5) is 29.0. The van der Waals surface area contributed by atoms with Crippen molar-refractivity contribution in [2.45, 2.75) is 51.0 Å². The van der Waals surface area contributed by atoms with Crippen LogP contribution in [0.4, 0.5) is 10.1 Å². The molecule has 0 spiro atoms. The van der Waals surface area contributed by atoms with E-state index in [4.69, 9.17) is 31.0 Å². The van der Waals surface area contributed by atoms with Gasteiger partial charge in [-0.1, -0.05) is 23.7 Å². The van der Waals surface area contributed by atoms with Crippen molar-refractivity contribution in [2.75, 3.05) is 25.0 Å². The number of fused-ring (bicyclic) bond motifs is 1. The summed E-state index contributed by atoms with van der Waals surface area (Å²) in [5.74, 6) is 1.18. The number of benzene rings is 2. The van der Waals surface area contributed by atoms with E-state index in [-0.39, 0.29) is 18.6 Å². The Morgan fingerprint density at radius 1 is 1.04 bits per heavy atom. The summed E-state index contributed by atoms with van der Waals surface area (Å²) in [5.41, 5.74) is 4.49. The smallest absolute Gasteiger partial charge is 0.257 e. The van der Waals surface area contributed by atoms with Crippen molar-refractivity contribution in [1.29, 1.82) is 0 Å². The Kier molecular flexibility index (Phi) is 8.91. The topological polar surface area (TPSA) is 94.4 Å². The van der Waals surface area contributed by atoms with Gasteiger partial charge >= 0.3 is 0 Å². The van der Waals surface area contributed by atoms with Crippen LogP contribution in [-0.2, 0) is 24.4 Å². The monoisotopic (exact) mass is 640 g/mol. The maximum atomic E-state index is 14.2. The summed E-state index contributed by atoms with van der Waals surface area (Å²) < 4.78 is 28.1. The predicted molar refractivity (Wildman–Crippen MR) is 174 cm³/mol. The lowest BCUT2D eigenvalue weighted by Crippen LogP contribution is -2.35. The number of nitrogens with zero attached hydrogens (tertiary/aromatic N) is 5. The maximum Gasteiger partial charge on any atom is 0.257 e. The van der Waals surface area contributed by atoms with Crippen molar-refractivity contribution in [3.05, 3.63) is 113 Å². The van der Waals surface area contributed by atoms with Gasteiger partial charge in [-0.3, -0.25) is 14.7 Å². The minimum absolute atomic E-state index is 0.0865. The van der Waals surface area contributed by atoms with Crippen LogP contribution in [0, 0.1) is 5.82 Å². The van der Waals surface area contributed by atoms with E-state index in [1.54, 1.807) is 42.7 Å². The molecular weight excluding hydrogens is 607 g/mol. The number of halogens is 2. The molecule has 1 amide bonds. The molecule has 3 aromatic heterocycles. The van der Waals surface area contributed by atoms with Gasteiger partial charge in [-0.25, -0.2) is 14.4 Å². The first kappa shape index (κ1) is 30.3. The van der Waals surface area contributed by atoms with E-state index in [1.807, 2.05) is 30.3 Å². The van der Waals surface area contributed by atoms with Crippen LogP contribution in [0.5, 0.6) is 5.88 Å². The zero-order valence-corrected chi connectivity index (χ0v) is 26.0. The summed E-state index contributed by atoms with van der Waals surface area (Å²) in [6.07, 6.45) is 6.33. The molecule has 7 rings (SSSR count). The number of imidazole rings is 1. The molecule has 2 aromatic carbocycles. The number of rotatable bonds is 10. The van der Waals surface area contributed by atoms with Gasteiger partial charge in [0.2, 0.25) is 5.88 Å². The van der Waals surface area contributed by atoms with Crippen LogP contribution in [0.2, 0.25) is 5.02 Å². The molecule has 2 aliphatic heterocycles. The van der Waals surface area contributed by atoms with Crippen molar-refractivity contribution < 1.29 is 18.7 Å². The standard InChI is InChI=1S/C35H34ClFN6O3/c36-26-7-6-25(29(37)17-26)22-46-34-5-1-4-30(41-34)23-10-14-42(15-11-23)21-33-40-31-18-27(39-35(44)24-3-2-13-38-19-24)8-9-32(31)43(33)20-28-12-16-45-28/h1-9,13,17-19,23,28H,10-12,14-16,20-22H2,(H,39,44). The molecule has 2 aliphatic rings. The summed E-state index contributed by atoms with van der Waals surface area (Å²) in [7, 11) is 0. The van der Waals surface area contributed by atoms with Crippen molar-refractivity contribution in [1.82, 2.24) is 24.4 Å². The number of hydrogen-bond donors (Lipinski definition) is 1. The molecule has 11 heteroatoms. The van der Waals surface area contributed by atoms with Gasteiger partial charge in [-0.05, 0) is 80.9 Å². The molecule has 2 fully saturated rings. The van der Waals surface area contributed by atoms with Crippen molar-refractivity contribution in [3.8, 4) is 5.88 Å². The highest BCUT2D eigenvalue weighted by atomic mass is 35.5. The number of aromatic nitrogens is 4. The highest BCUT2D eigenvalue weighted by Gasteiger charge is 2.26. The van der Waals surface area contributed by atoms with Gasteiger partial charge in [0.05, 0.1) is 35.8 Å². The number of hydrogen-bond acceptors (Lipinski definition) is 7. The molecule has 0 bridgehead atoms. The van der Waals surface area contributed by atoms with E-state index >= 15 is 0 Å². The molecule has 5 aromatic rings. The Morgan fingerprint density at radius 3 is 2.67 bits per heavy atom. The average molecular weight is 641 g/mol. The Bertz CT molecular complexity index is 1840. The molecule has 0 aliphatic carbocycles. The molecule has 2 saturated heterocycles. The summed E-state index contributed by atoms with van der Waals surface area (Å²) in [5, 5.41) is 3.32. The van der Waals surface area contributed by atoms with Gasteiger partial charge in [-0.2, -0.15) is 0 Å². The van der Waals surface area contributed by atoms with Crippen LogP contribution in [0.25, 0.3) is 11.0 Å². The third-order valence-corrected chi connectivity index (χ3v) is 8.93. The van der Waals surface area contributed by atoms with E-state index in [1.165, 1.54) is 6.07 Å². The second-order valence-corrected chi connectivity index (χ2v) is 12.2. The van der Waals surface area contributed by atoms with Crippen LogP contribution in [0.3, 0.4) is 0 Å². The van der Waals surface area contributed by atoms with Crippen LogP contribution in [-0.4, -0.2) is 56.1 Å². The number of amides is 1. The number of pyridine rings is 2. The summed E-state index contributed by atoms with van der Waals surface area (Å²) >= 11 is 5.87. The molecule has 1 N–H and O–H groups in total. The summed E-state index contributed by atoms with van der Waals surface area (Å²) in [6.45, 7) is 4.16. The van der Waals surface area contributed by atoms with Gasteiger partial charge < -0.3 is 19.4 Å². The summed E-state index contributed by atoms with van der Waals surface area (Å²) in [6, 6.07) is 19.7. The highest BCUT2D eigenvalue weighted by Crippen LogP contribution is 2.30. The SMILES string of the molecule is O=C(Nc1ccc2c(c1)nc(CN1CCC(c3cccc(OCc4ccc(Cl)cc4F)n3)CC1)n2CC1CCO1)c1cccnc1. The Labute approximate surface area is 271 Å². The third kappa shape index (κ3) is 6.89. The molecule has 236 valence electrons. The van der Waals surface area contributed by atoms with E-state index in [0.29, 0.717) is 40.2 Å². The largest absolute Gasteiger partial charge is 0.473 e. The number of carbonyl (C=O) groups excluding carboxylic acids is 1. The molecule has 9 nitrogen and oxygen atoms in total. The third-order valence-electron chi connectivity index (χ3n) is 8.70. The fraction of sp³-hybridized carbons (Fsp3) is 0.314. The fourth-order valence-corrected chi connectivity index (χ4v) is 6.19. The Hall–Kier alpha value is -4.38. The van der Waals surface area contributed by atoms with Gasteiger partial charge in [0, 0.05) is 53.0 Å². The normalized spacial score (nSPS) is 17.1. The van der Waals surface area contributed by atoms with Gasteiger partial charge in [-0.15, -0.1) is 0 Å². The highest BCUT2D eigenvalue weighted by molar-refractivity contribution is 6.30. The van der Waals surface area contributed by atoms with Crippen molar-refractivity contribution in [3.63, 3.8) is 0 Å². The molecule has 0 radical (unpaired) electrons.